The average molecular weight is 337 g/mol. The molecule has 0 aliphatic carbocycles. The summed E-state index contributed by atoms with van der Waals surface area (Å²) >= 11 is 0. The van der Waals surface area contributed by atoms with E-state index in [9.17, 15) is 0 Å². The van der Waals surface area contributed by atoms with Crippen LogP contribution in [-0.2, 0) is 18.3 Å². The first kappa shape index (κ1) is 21.3. The lowest BCUT2D eigenvalue weighted by Gasteiger charge is -2.40. The third-order valence-corrected chi connectivity index (χ3v) is 8.50. The van der Waals surface area contributed by atoms with Crippen LogP contribution in [0, 0.1) is 0 Å². The minimum absolute atomic E-state index is 0.494. The molecule has 4 nitrogen and oxygen atoms in total. The van der Waals surface area contributed by atoms with Crippen LogP contribution in [0.3, 0.4) is 0 Å². The van der Waals surface area contributed by atoms with Crippen LogP contribution < -0.4 is 0 Å². The molecule has 0 spiro atoms. The zero-order valence-corrected chi connectivity index (χ0v) is 17.4. The van der Waals surface area contributed by atoms with Crippen molar-refractivity contribution < 1.29 is 18.3 Å². The van der Waals surface area contributed by atoms with Gasteiger partial charge in [-0.3, -0.25) is 0 Å². The molecule has 0 radical (unpaired) electrons. The zero-order valence-electron chi connectivity index (χ0n) is 15.4. The van der Waals surface area contributed by atoms with Crippen molar-refractivity contribution >= 4 is 16.6 Å². The molecular formula is C15H36O4Si2. The van der Waals surface area contributed by atoms with Crippen LogP contribution in [0.25, 0.3) is 0 Å². The van der Waals surface area contributed by atoms with Gasteiger partial charge in [0.25, 0.3) is 0 Å². The summed E-state index contributed by atoms with van der Waals surface area (Å²) in [6.45, 7) is 14.8. The largest absolute Gasteiger partial charge is 0.392 e. The van der Waals surface area contributed by atoms with Gasteiger partial charge < -0.3 is 18.3 Å². The number of methoxy groups -OCH3 is 2. The molecule has 128 valence electrons. The summed E-state index contributed by atoms with van der Waals surface area (Å²) in [7, 11) is 0.0506. The van der Waals surface area contributed by atoms with Gasteiger partial charge in [0, 0.05) is 27.4 Å². The van der Waals surface area contributed by atoms with Gasteiger partial charge in [0.1, 0.15) is 5.79 Å². The van der Waals surface area contributed by atoms with Crippen LogP contribution >= 0.6 is 0 Å². The highest BCUT2D eigenvalue weighted by molar-refractivity contribution is 6.72. The lowest BCUT2D eigenvalue weighted by atomic mass is 10.4. The van der Waals surface area contributed by atoms with Gasteiger partial charge in [-0.2, -0.15) is 0 Å². The van der Waals surface area contributed by atoms with Crippen molar-refractivity contribution in [1.29, 1.82) is 0 Å². The predicted molar refractivity (Wildman–Crippen MR) is 93.8 cm³/mol. The molecule has 0 bridgehead atoms. The lowest BCUT2D eigenvalue weighted by Crippen LogP contribution is -2.48. The van der Waals surface area contributed by atoms with E-state index in [1.807, 2.05) is 0 Å². The first-order valence-corrected chi connectivity index (χ1v) is 14.1. The van der Waals surface area contributed by atoms with Crippen molar-refractivity contribution in [2.75, 3.05) is 27.4 Å². The fraction of sp³-hybridized carbons (Fsp3) is 1.00. The Morgan fingerprint density at radius 2 is 1.05 bits per heavy atom. The Labute approximate surface area is 133 Å². The molecular weight excluding hydrogens is 300 g/mol. The molecule has 0 atom stereocenters. The van der Waals surface area contributed by atoms with Crippen LogP contribution in [-0.4, -0.2) is 49.9 Å². The Bertz CT molecular complexity index is 255. The standard InChI is InChI=1S/C15H36O4Si2/c1-15(2,18-20(5,6)13-9-11-16-3)19-21(7,8)14-10-12-17-4/h9-14H2,1-8H3. The molecule has 0 aromatic heterocycles. The van der Waals surface area contributed by atoms with Gasteiger partial charge in [0.05, 0.1) is 0 Å². The van der Waals surface area contributed by atoms with E-state index in [0.717, 1.165) is 38.1 Å². The van der Waals surface area contributed by atoms with Gasteiger partial charge >= 0.3 is 0 Å². The van der Waals surface area contributed by atoms with Gasteiger partial charge in [-0.25, -0.2) is 0 Å². The molecule has 0 saturated carbocycles. The lowest BCUT2D eigenvalue weighted by molar-refractivity contribution is -0.0966. The van der Waals surface area contributed by atoms with Crippen LogP contribution in [0.5, 0.6) is 0 Å². The fourth-order valence-electron chi connectivity index (χ4n) is 2.74. The molecule has 0 saturated heterocycles. The van der Waals surface area contributed by atoms with E-state index in [4.69, 9.17) is 18.3 Å². The Hall–Kier alpha value is 0.274. The number of ether oxygens (including phenoxy) is 2. The highest BCUT2D eigenvalue weighted by Gasteiger charge is 2.36. The molecule has 0 aromatic carbocycles. The first-order chi connectivity index (χ1) is 9.54. The minimum atomic E-state index is -1.72. The first-order valence-electron chi connectivity index (χ1n) is 7.92. The summed E-state index contributed by atoms with van der Waals surface area (Å²) in [6.07, 6.45) is 2.11. The number of rotatable bonds is 12. The predicted octanol–water partition coefficient (Wildman–Crippen LogP) is 4.24. The topological polar surface area (TPSA) is 36.9 Å². The molecule has 0 N–H and O–H groups in total. The van der Waals surface area contributed by atoms with E-state index >= 15 is 0 Å². The van der Waals surface area contributed by atoms with Crippen LogP contribution in [0.4, 0.5) is 0 Å². The molecule has 0 fully saturated rings. The Kier molecular flexibility index (Phi) is 9.54. The van der Waals surface area contributed by atoms with E-state index in [2.05, 4.69) is 40.0 Å². The Balaban J connectivity index is 4.38. The van der Waals surface area contributed by atoms with Crippen molar-refractivity contribution in [2.24, 2.45) is 0 Å². The van der Waals surface area contributed by atoms with Gasteiger partial charge in [0.15, 0.2) is 16.6 Å². The van der Waals surface area contributed by atoms with Crippen molar-refractivity contribution in [1.82, 2.24) is 0 Å². The molecule has 0 aromatic rings. The molecule has 0 aliphatic heterocycles. The monoisotopic (exact) mass is 336 g/mol. The van der Waals surface area contributed by atoms with E-state index in [1.165, 1.54) is 0 Å². The highest BCUT2D eigenvalue weighted by Crippen LogP contribution is 2.28. The third-order valence-electron chi connectivity index (χ3n) is 3.30. The second kappa shape index (κ2) is 9.42. The Morgan fingerprint density at radius 3 is 1.33 bits per heavy atom. The van der Waals surface area contributed by atoms with Gasteiger partial charge in [-0.1, -0.05) is 0 Å². The van der Waals surface area contributed by atoms with Crippen molar-refractivity contribution in [3.8, 4) is 0 Å². The minimum Gasteiger partial charge on any atom is -0.392 e. The zero-order chi connectivity index (χ0) is 16.6. The van der Waals surface area contributed by atoms with E-state index in [-0.39, 0.29) is 0 Å². The van der Waals surface area contributed by atoms with Gasteiger partial charge in [0.2, 0.25) is 0 Å². The summed E-state index contributed by atoms with van der Waals surface area (Å²) in [5.41, 5.74) is 0. The third kappa shape index (κ3) is 11.5. The molecule has 0 unspecified atom stereocenters. The van der Waals surface area contributed by atoms with Gasteiger partial charge in [-0.05, 0) is 65.0 Å². The second-order valence-corrected chi connectivity index (χ2v) is 15.8. The SMILES string of the molecule is COCCC[Si](C)(C)OC(C)(C)O[Si](C)(C)CCCOC. The fourth-order valence-corrected chi connectivity index (χ4v) is 7.76. The normalized spacial score (nSPS) is 13.7. The molecule has 0 aliphatic rings. The maximum Gasteiger partial charge on any atom is 0.190 e. The van der Waals surface area contributed by atoms with Gasteiger partial charge in [-0.15, -0.1) is 0 Å². The number of hydrogen-bond donors (Lipinski definition) is 0. The number of hydrogen-bond acceptors (Lipinski definition) is 4. The van der Waals surface area contributed by atoms with Crippen molar-refractivity contribution in [3.05, 3.63) is 0 Å². The maximum absolute atomic E-state index is 6.38. The summed E-state index contributed by atoms with van der Waals surface area (Å²) in [4.78, 5) is 0. The average Bonchev–Trinajstić information content (AvgIpc) is 2.25. The molecule has 6 heteroatoms. The van der Waals surface area contributed by atoms with E-state index in [0.29, 0.717) is 0 Å². The quantitative estimate of drug-likeness (QED) is 0.303. The molecule has 0 rings (SSSR count). The second-order valence-electron chi connectivity index (χ2n) is 7.32. The summed E-state index contributed by atoms with van der Waals surface area (Å²) in [5, 5.41) is 0. The Morgan fingerprint density at radius 1 is 0.714 bits per heavy atom. The van der Waals surface area contributed by atoms with Crippen molar-refractivity contribution in [2.45, 2.75) is 70.8 Å². The molecule has 0 amide bonds. The molecule has 21 heavy (non-hydrogen) atoms. The summed E-state index contributed by atoms with van der Waals surface area (Å²) in [5.74, 6) is -0.494. The van der Waals surface area contributed by atoms with E-state index in [1.54, 1.807) is 14.2 Å². The van der Waals surface area contributed by atoms with Crippen molar-refractivity contribution in [3.63, 3.8) is 0 Å². The van der Waals surface area contributed by atoms with E-state index < -0.39 is 22.4 Å². The molecule has 0 heterocycles. The van der Waals surface area contributed by atoms with Crippen LogP contribution in [0.15, 0.2) is 0 Å². The summed E-state index contributed by atoms with van der Waals surface area (Å²) < 4.78 is 23.0. The maximum atomic E-state index is 6.38. The smallest absolute Gasteiger partial charge is 0.190 e. The highest BCUT2D eigenvalue weighted by atomic mass is 28.4. The summed E-state index contributed by atoms with van der Waals surface area (Å²) in [6, 6.07) is 2.19. The van der Waals surface area contributed by atoms with Crippen LogP contribution in [0.2, 0.25) is 38.3 Å². The van der Waals surface area contributed by atoms with Crippen LogP contribution in [0.1, 0.15) is 26.7 Å².